The third-order valence-corrected chi connectivity index (χ3v) is 3.89. The number of nitrogens with two attached hydrogens (primary N) is 1. The van der Waals surface area contributed by atoms with Gasteiger partial charge in [-0.05, 0) is 34.8 Å². The van der Waals surface area contributed by atoms with Crippen LogP contribution in [-0.4, -0.2) is 12.0 Å². The summed E-state index contributed by atoms with van der Waals surface area (Å²) in [5.41, 5.74) is 2.54. The van der Waals surface area contributed by atoms with Crippen LogP contribution in [0.5, 0.6) is 0 Å². The van der Waals surface area contributed by atoms with Crippen LogP contribution in [0.25, 0.3) is 0 Å². The molecule has 4 N–H and O–H groups in total. The van der Waals surface area contributed by atoms with Gasteiger partial charge in [-0.15, -0.1) is 0 Å². The van der Waals surface area contributed by atoms with E-state index in [4.69, 9.17) is 5.84 Å². The quantitative estimate of drug-likeness (QED) is 0.253. The molecule has 1 aromatic rings. The third kappa shape index (κ3) is 3.89. The monoisotopic (exact) mass is 346 g/mol. The highest BCUT2D eigenvalue weighted by Crippen LogP contribution is 2.24. The van der Waals surface area contributed by atoms with Crippen molar-refractivity contribution in [2.75, 3.05) is 5.32 Å². The van der Waals surface area contributed by atoms with Crippen molar-refractivity contribution in [3.8, 4) is 0 Å². The highest BCUT2D eigenvalue weighted by molar-refractivity contribution is 9.10. The molecule has 0 amide bonds. The van der Waals surface area contributed by atoms with E-state index in [1.54, 1.807) is 0 Å². The number of hydrogen-bond donors (Lipinski definition) is 3. The molecule has 0 spiro atoms. The Hall–Kier alpha value is -1.21. The Labute approximate surface area is 124 Å². The van der Waals surface area contributed by atoms with Gasteiger partial charge >= 0.3 is 0 Å². The fourth-order valence-electron chi connectivity index (χ4n) is 2.24. The molecular weight excluding hydrogens is 330 g/mol. The zero-order valence-corrected chi connectivity index (χ0v) is 12.5. The summed E-state index contributed by atoms with van der Waals surface area (Å²) in [5, 5.41) is 2.75. The van der Waals surface area contributed by atoms with E-state index in [2.05, 4.69) is 31.7 Å². The van der Waals surface area contributed by atoms with E-state index in [1.165, 1.54) is 12.5 Å². The van der Waals surface area contributed by atoms with Crippen LogP contribution in [0, 0.1) is 11.6 Å². The van der Waals surface area contributed by atoms with Crippen LogP contribution in [0.4, 0.5) is 14.5 Å². The minimum Gasteiger partial charge on any atom is -0.323 e. The first-order chi connectivity index (χ1) is 9.60. The number of hydrogen-bond acceptors (Lipinski definition) is 2. The lowest BCUT2D eigenvalue weighted by atomic mass is 9.96. The molecule has 1 aliphatic carbocycles. The molecule has 1 fully saturated rings. The number of rotatable bonds is 2. The van der Waals surface area contributed by atoms with Crippen molar-refractivity contribution in [2.45, 2.75) is 38.1 Å². The number of anilines is 1. The van der Waals surface area contributed by atoms with Gasteiger partial charge in [0, 0.05) is 6.07 Å². The summed E-state index contributed by atoms with van der Waals surface area (Å²) >= 11 is 3.02. The first kappa shape index (κ1) is 15.2. The molecule has 0 heterocycles. The molecule has 7 heteroatoms. The molecule has 0 radical (unpaired) electrons. The molecule has 0 unspecified atom stereocenters. The van der Waals surface area contributed by atoms with Gasteiger partial charge in [-0.2, -0.15) is 0 Å². The van der Waals surface area contributed by atoms with Crippen molar-refractivity contribution in [1.82, 2.24) is 5.43 Å². The standard InChI is InChI=1S/C13H17BrF2N4/c14-9-6-12(11(16)7-10(9)15)19-13(20-17)18-8-4-2-1-3-5-8/h6-8H,1-5,17H2,(H2,18,19,20). The summed E-state index contributed by atoms with van der Waals surface area (Å²) in [6.07, 6.45) is 5.51. The maximum atomic E-state index is 13.7. The summed E-state index contributed by atoms with van der Waals surface area (Å²) in [6.45, 7) is 0. The topological polar surface area (TPSA) is 62.4 Å². The lowest BCUT2D eigenvalue weighted by Crippen LogP contribution is -2.37. The Kier molecular flexibility index (Phi) is 5.31. The lowest BCUT2D eigenvalue weighted by Gasteiger charge is -2.19. The second kappa shape index (κ2) is 6.99. The number of nitrogens with zero attached hydrogens (tertiary/aromatic N) is 1. The molecular formula is C13H17BrF2N4. The van der Waals surface area contributed by atoms with Crippen molar-refractivity contribution in [3.63, 3.8) is 0 Å². The molecule has 110 valence electrons. The van der Waals surface area contributed by atoms with Crippen LogP contribution in [0.3, 0.4) is 0 Å². The Balaban J connectivity index is 2.13. The Morgan fingerprint density at radius 2 is 1.90 bits per heavy atom. The van der Waals surface area contributed by atoms with Gasteiger partial charge < -0.3 is 5.32 Å². The van der Waals surface area contributed by atoms with Crippen LogP contribution < -0.4 is 16.6 Å². The van der Waals surface area contributed by atoms with Crippen LogP contribution in [-0.2, 0) is 0 Å². The molecule has 0 aromatic heterocycles. The van der Waals surface area contributed by atoms with Crippen molar-refractivity contribution in [1.29, 1.82) is 0 Å². The lowest BCUT2D eigenvalue weighted by molar-refractivity contribution is 0.442. The molecule has 0 bridgehead atoms. The highest BCUT2D eigenvalue weighted by Gasteiger charge is 2.14. The zero-order chi connectivity index (χ0) is 14.5. The number of hydrazine groups is 1. The van der Waals surface area contributed by atoms with Crippen LogP contribution in [0.15, 0.2) is 21.6 Å². The van der Waals surface area contributed by atoms with Gasteiger partial charge in [-0.1, -0.05) is 19.3 Å². The van der Waals surface area contributed by atoms with Crippen LogP contribution >= 0.6 is 15.9 Å². The minimum absolute atomic E-state index is 0.116. The number of aliphatic imine (C=N–C) groups is 1. The average molecular weight is 347 g/mol. The SMILES string of the molecule is NNC(=NC1CCCCC1)Nc1cc(Br)c(F)cc1F. The van der Waals surface area contributed by atoms with Gasteiger partial charge in [0.25, 0.3) is 0 Å². The summed E-state index contributed by atoms with van der Waals surface area (Å²) < 4.78 is 27.0. The number of benzene rings is 1. The van der Waals surface area contributed by atoms with Gasteiger partial charge in [-0.3, -0.25) is 5.43 Å². The Morgan fingerprint density at radius 3 is 2.55 bits per heavy atom. The second-order valence-electron chi connectivity index (χ2n) is 4.79. The maximum Gasteiger partial charge on any atom is 0.210 e. The minimum atomic E-state index is -0.697. The summed E-state index contributed by atoms with van der Waals surface area (Å²) in [5.74, 6) is 4.34. The first-order valence-electron chi connectivity index (χ1n) is 6.56. The highest BCUT2D eigenvalue weighted by atomic mass is 79.9. The Bertz CT molecular complexity index is 501. The number of nitrogens with one attached hydrogen (secondary N) is 2. The van der Waals surface area contributed by atoms with Gasteiger partial charge in [0.2, 0.25) is 5.96 Å². The van der Waals surface area contributed by atoms with E-state index < -0.39 is 11.6 Å². The molecule has 1 aliphatic rings. The maximum absolute atomic E-state index is 13.7. The van der Waals surface area contributed by atoms with Crippen LogP contribution in [0.1, 0.15) is 32.1 Å². The van der Waals surface area contributed by atoms with Gasteiger partial charge in [-0.25, -0.2) is 19.6 Å². The normalized spacial score (nSPS) is 17.1. The van der Waals surface area contributed by atoms with E-state index in [9.17, 15) is 8.78 Å². The fourth-order valence-corrected chi connectivity index (χ4v) is 2.59. The average Bonchev–Trinajstić information content (AvgIpc) is 2.45. The van der Waals surface area contributed by atoms with E-state index in [1.807, 2.05) is 0 Å². The molecule has 0 aliphatic heterocycles. The molecule has 1 aromatic carbocycles. The smallest absolute Gasteiger partial charge is 0.210 e. The zero-order valence-electron chi connectivity index (χ0n) is 10.9. The van der Waals surface area contributed by atoms with Crippen molar-refractivity contribution >= 4 is 27.6 Å². The molecule has 4 nitrogen and oxygen atoms in total. The predicted molar refractivity (Wildman–Crippen MR) is 79.3 cm³/mol. The fraction of sp³-hybridized carbons (Fsp3) is 0.462. The molecule has 20 heavy (non-hydrogen) atoms. The summed E-state index contributed by atoms with van der Waals surface area (Å²) in [7, 11) is 0. The molecule has 0 saturated heterocycles. The van der Waals surface area contributed by atoms with Gasteiger partial charge in [0.1, 0.15) is 11.6 Å². The van der Waals surface area contributed by atoms with E-state index in [-0.39, 0.29) is 22.2 Å². The molecule has 1 saturated carbocycles. The third-order valence-electron chi connectivity index (χ3n) is 3.29. The summed E-state index contributed by atoms with van der Waals surface area (Å²) in [6, 6.07) is 2.31. The largest absolute Gasteiger partial charge is 0.323 e. The van der Waals surface area contributed by atoms with Gasteiger partial charge in [0.05, 0.1) is 16.2 Å². The predicted octanol–water partition coefficient (Wildman–Crippen LogP) is 3.29. The number of halogens is 3. The second-order valence-corrected chi connectivity index (χ2v) is 5.64. The van der Waals surface area contributed by atoms with Crippen molar-refractivity contribution in [2.24, 2.45) is 10.8 Å². The first-order valence-corrected chi connectivity index (χ1v) is 7.35. The summed E-state index contributed by atoms with van der Waals surface area (Å²) in [4.78, 5) is 4.44. The van der Waals surface area contributed by atoms with E-state index in [0.717, 1.165) is 31.7 Å². The number of guanidine groups is 1. The molecule has 0 atom stereocenters. The van der Waals surface area contributed by atoms with E-state index >= 15 is 0 Å². The van der Waals surface area contributed by atoms with Crippen LogP contribution in [0.2, 0.25) is 0 Å². The Morgan fingerprint density at radius 1 is 1.20 bits per heavy atom. The van der Waals surface area contributed by atoms with Gasteiger partial charge in [0.15, 0.2) is 0 Å². The van der Waals surface area contributed by atoms with Crippen molar-refractivity contribution in [3.05, 3.63) is 28.2 Å². The molecule has 2 rings (SSSR count). The van der Waals surface area contributed by atoms with Crippen molar-refractivity contribution < 1.29 is 8.78 Å². The van der Waals surface area contributed by atoms with E-state index in [0.29, 0.717) is 0 Å².